The molecule has 0 aliphatic carbocycles. The Morgan fingerprint density at radius 1 is 1.47 bits per heavy atom. The smallest absolute Gasteiger partial charge is 0.347 e. The summed E-state index contributed by atoms with van der Waals surface area (Å²) in [6.45, 7) is 0. The molecule has 0 spiro atoms. The van der Waals surface area contributed by atoms with Gasteiger partial charge in [0.05, 0.1) is 4.47 Å². The van der Waals surface area contributed by atoms with Crippen LogP contribution >= 0.6 is 27.5 Å². The van der Waals surface area contributed by atoms with Gasteiger partial charge in [-0.25, -0.2) is 4.39 Å². The molecule has 0 radical (unpaired) electrons. The van der Waals surface area contributed by atoms with Crippen molar-refractivity contribution in [1.29, 1.82) is 0 Å². The molecule has 1 aromatic rings. The van der Waals surface area contributed by atoms with Crippen LogP contribution in [0, 0.1) is 5.82 Å². The van der Waals surface area contributed by atoms with Gasteiger partial charge in [0.15, 0.2) is 0 Å². The van der Waals surface area contributed by atoms with Gasteiger partial charge < -0.3 is 5.11 Å². The normalized spacial score (nSPS) is 14.0. The molecule has 0 aliphatic rings. The third-order valence-electron chi connectivity index (χ3n) is 1.79. The highest BCUT2D eigenvalue weighted by Crippen LogP contribution is 2.27. The molecule has 0 amide bonds. The van der Waals surface area contributed by atoms with Gasteiger partial charge >= 0.3 is 5.38 Å². The van der Waals surface area contributed by atoms with Gasteiger partial charge in [0.1, 0.15) is 11.9 Å². The lowest BCUT2D eigenvalue weighted by molar-refractivity contribution is -0.0397. The topological polar surface area (TPSA) is 20.2 Å². The van der Waals surface area contributed by atoms with E-state index in [1.54, 1.807) is 0 Å². The summed E-state index contributed by atoms with van der Waals surface area (Å²) in [5.41, 5.74) is 0.371. The van der Waals surface area contributed by atoms with Crippen molar-refractivity contribution in [3.8, 4) is 0 Å². The van der Waals surface area contributed by atoms with Crippen LogP contribution in [0.5, 0.6) is 0 Å². The van der Waals surface area contributed by atoms with E-state index < -0.39 is 17.3 Å². The van der Waals surface area contributed by atoms with Gasteiger partial charge in [-0.15, -0.1) is 0 Å². The molecule has 15 heavy (non-hydrogen) atoms. The molecule has 1 atom stereocenters. The number of aliphatic hydroxyl groups is 1. The van der Waals surface area contributed by atoms with Gasteiger partial charge in [0, 0.05) is 6.42 Å². The summed E-state index contributed by atoms with van der Waals surface area (Å²) in [6.07, 6.45) is -2.33. The summed E-state index contributed by atoms with van der Waals surface area (Å²) in [7, 11) is 0. The Morgan fingerprint density at radius 3 is 2.53 bits per heavy atom. The minimum absolute atomic E-state index is 0.157. The quantitative estimate of drug-likeness (QED) is 0.849. The van der Waals surface area contributed by atoms with Crippen molar-refractivity contribution in [2.24, 2.45) is 0 Å². The van der Waals surface area contributed by atoms with Crippen LogP contribution in [0.15, 0.2) is 22.7 Å². The van der Waals surface area contributed by atoms with Crippen molar-refractivity contribution in [2.75, 3.05) is 0 Å². The number of halogens is 5. The first-order valence-electron chi connectivity index (χ1n) is 3.99. The first-order chi connectivity index (χ1) is 6.80. The second-order valence-corrected chi connectivity index (χ2v) is 4.37. The van der Waals surface area contributed by atoms with Gasteiger partial charge in [-0.05, 0) is 45.2 Å². The van der Waals surface area contributed by atoms with E-state index in [0.29, 0.717) is 5.56 Å². The van der Waals surface area contributed by atoms with Crippen LogP contribution in [0.4, 0.5) is 13.2 Å². The molecule has 1 unspecified atom stereocenters. The van der Waals surface area contributed by atoms with E-state index in [9.17, 15) is 13.2 Å². The van der Waals surface area contributed by atoms with Gasteiger partial charge in [-0.3, -0.25) is 0 Å². The Labute approximate surface area is 98.0 Å². The van der Waals surface area contributed by atoms with Crippen LogP contribution in [-0.2, 0) is 6.42 Å². The number of hydrogen-bond acceptors (Lipinski definition) is 1. The molecule has 1 aromatic carbocycles. The van der Waals surface area contributed by atoms with Gasteiger partial charge in [0.25, 0.3) is 0 Å². The SMILES string of the molecule is OC(Cc1ccc(F)c(Br)c1)C(F)(F)Cl. The number of rotatable bonds is 3. The molecule has 6 heteroatoms. The van der Waals surface area contributed by atoms with E-state index in [0.717, 1.165) is 6.07 Å². The average Bonchev–Trinajstić information content (AvgIpc) is 2.10. The van der Waals surface area contributed by atoms with Crippen LogP contribution < -0.4 is 0 Å². The number of alkyl halides is 3. The van der Waals surface area contributed by atoms with E-state index in [2.05, 4.69) is 27.5 Å². The highest BCUT2D eigenvalue weighted by Gasteiger charge is 2.35. The Morgan fingerprint density at radius 2 is 2.07 bits per heavy atom. The molecule has 0 saturated heterocycles. The summed E-state index contributed by atoms with van der Waals surface area (Å²) in [5.74, 6) is -0.495. The van der Waals surface area contributed by atoms with Gasteiger partial charge in [-0.1, -0.05) is 6.07 Å². The van der Waals surface area contributed by atoms with Crippen LogP contribution in [0.3, 0.4) is 0 Å². The van der Waals surface area contributed by atoms with E-state index in [1.165, 1.54) is 12.1 Å². The molecule has 0 heterocycles. The monoisotopic (exact) mass is 302 g/mol. The molecular formula is C9H7BrClF3O. The Kier molecular flexibility index (Phi) is 4.03. The van der Waals surface area contributed by atoms with E-state index in [-0.39, 0.29) is 10.9 Å². The van der Waals surface area contributed by atoms with Crippen molar-refractivity contribution in [3.63, 3.8) is 0 Å². The maximum absolute atomic E-state index is 12.8. The lowest BCUT2D eigenvalue weighted by atomic mass is 10.1. The first kappa shape index (κ1) is 12.8. The molecule has 1 N–H and O–H groups in total. The minimum atomic E-state index is -3.68. The zero-order chi connectivity index (χ0) is 11.6. The molecule has 0 aliphatic heterocycles. The zero-order valence-electron chi connectivity index (χ0n) is 7.35. The van der Waals surface area contributed by atoms with Crippen molar-refractivity contribution >= 4 is 27.5 Å². The molecule has 0 saturated carbocycles. The lowest BCUT2D eigenvalue weighted by Crippen LogP contribution is -2.29. The zero-order valence-corrected chi connectivity index (χ0v) is 9.70. The standard InChI is InChI=1S/C9H7BrClF3O/c10-6-3-5(1-2-7(6)12)4-8(15)9(11,13)14/h1-3,8,15H,4H2. The fourth-order valence-electron chi connectivity index (χ4n) is 1.01. The molecule has 1 rings (SSSR count). The Bertz CT molecular complexity index is 354. The molecule has 1 nitrogen and oxygen atoms in total. The summed E-state index contributed by atoms with van der Waals surface area (Å²) in [6, 6.07) is 3.76. The van der Waals surface area contributed by atoms with Crippen LogP contribution in [-0.4, -0.2) is 16.6 Å². The lowest BCUT2D eigenvalue weighted by Gasteiger charge is -2.15. The van der Waals surface area contributed by atoms with Crippen molar-refractivity contribution < 1.29 is 18.3 Å². The molecule has 84 valence electrons. The van der Waals surface area contributed by atoms with Crippen LogP contribution in [0.1, 0.15) is 5.56 Å². The summed E-state index contributed by atoms with van der Waals surface area (Å²) in [5, 5.41) is 5.33. The first-order valence-corrected chi connectivity index (χ1v) is 5.16. The van der Waals surface area contributed by atoms with Gasteiger partial charge in [-0.2, -0.15) is 8.78 Å². The van der Waals surface area contributed by atoms with E-state index in [4.69, 9.17) is 5.11 Å². The molecular weight excluding hydrogens is 296 g/mol. The van der Waals surface area contributed by atoms with E-state index in [1.807, 2.05) is 0 Å². The van der Waals surface area contributed by atoms with E-state index >= 15 is 0 Å². The van der Waals surface area contributed by atoms with Crippen molar-refractivity contribution in [1.82, 2.24) is 0 Å². The van der Waals surface area contributed by atoms with Crippen molar-refractivity contribution in [2.45, 2.75) is 17.9 Å². The second kappa shape index (κ2) is 4.72. The number of aliphatic hydroxyl groups excluding tert-OH is 1. The number of hydrogen-bond donors (Lipinski definition) is 1. The predicted octanol–water partition coefficient (Wildman–Crippen LogP) is 3.32. The summed E-state index contributed by atoms with van der Waals surface area (Å²) < 4.78 is 37.8. The van der Waals surface area contributed by atoms with Crippen molar-refractivity contribution in [3.05, 3.63) is 34.1 Å². The highest BCUT2D eigenvalue weighted by molar-refractivity contribution is 9.10. The number of benzene rings is 1. The fourth-order valence-corrected chi connectivity index (χ4v) is 1.51. The maximum Gasteiger partial charge on any atom is 0.347 e. The second-order valence-electron chi connectivity index (χ2n) is 3.01. The molecule has 0 bridgehead atoms. The third-order valence-corrected chi connectivity index (χ3v) is 2.65. The summed E-state index contributed by atoms with van der Waals surface area (Å²) in [4.78, 5) is 0. The fraction of sp³-hybridized carbons (Fsp3) is 0.333. The van der Waals surface area contributed by atoms with Gasteiger partial charge in [0.2, 0.25) is 0 Å². The predicted molar refractivity (Wildman–Crippen MR) is 54.6 cm³/mol. The molecule has 0 fully saturated rings. The Balaban J connectivity index is 2.78. The summed E-state index contributed by atoms with van der Waals surface area (Å²) >= 11 is 7.54. The van der Waals surface area contributed by atoms with Crippen LogP contribution in [0.25, 0.3) is 0 Å². The third kappa shape index (κ3) is 3.66. The highest BCUT2D eigenvalue weighted by atomic mass is 79.9. The average molecular weight is 304 g/mol. The maximum atomic E-state index is 12.8. The van der Waals surface area contributed by atoms with Crippen LogP contribution in [0.2, 0.25) is 0 Å². The largest absolute Gasteiger partial charge is 0.385 e. The minimum Gasteiger partial charge on any atom is -0.385 e. The Hall–Kier alpha value is -0.260. The molecule has 0 aromatic heterocycles.